The minimum absolute atomic E-state index is 0.486. The van der Waals surface area contributed by atoms with Crippen molar-refractivity contribution in [3.8, 4) is 5.75 Å². The summed E-state index contributed by atoms with van der Waals surface area (Å²) in [6, 6.07) is 6.85. The number of nitrogens with one attached hydrogen (secondary N) is 2. The molecule has 0 aromatic heterocycles. The Hall–Kier alpha value is -1.79. The molecule has 1 unspecified atom stereocenters. The zero-order valence-electron chi connectivity index (χ0n) is 17.7. The molecule has 1 aromatic carbocycles. The highest BCUT2D eigenvalue weighted by Gasteiger charge is 2.19. The topological polar surface area (TPSA) is 52.1 Å². The Kier molecular flexibility index (Phi) is 8.88. The SMILES string of the molecule is CCCOc1cc(C)ccc1CNC(=NC)NCC(C)N1CCN(C)CC1. The van der Waals surface area contributed by atoms with Crippen molar-refractivity contribution in [1.29, 1.82) is 0 Å². The summed E-state index contributed by atoms with van der Waals surface area (Å²) in [7, 11) is 4.01. The highest BCUT2D eigenvalue weighted by molar-refractivity contribution is 5.79. The van der Waals surface area contributed by atoms with Crippen LogP contribution >= 0.6 is 0 Å². The zero-order chi connectivity index (χ0) is 19.6. The molecule has 0 spiro atoms. The van der Waals surface area contributed by atoms with Gasteiger partial charge in [0.05, 0.1) is 6.61 Å². The molecule has 0 bridgehead atoms. The van der Waals surface area contributed by atoms with E-state index in [1.807, 2.05) is 7.05 Å². The van der Waals surface area contributed by atoms with Crippen molar-refractivity contribution >= 4 is 5.96 Å². The molecule has 0 aliphatic carbocycles. The number of benzene rings is 1. The second kappa shape index (κ2) is 11.1. The van der Waals surface area contributed by atoms with E-state index in [2.05, 4.69) is 71.4 Å². The smallest absolute Gasteiger partial charge is 0.191 e. The third-order valence-corrected chi connectivity index (χ3v) is 5.08. The Morgan fingerprint density at radius 1 is 1.22 bits per heavy atom. The van der Waals surface area contributed by atoms with E-state index < -0.39 is 0 Å². The Bertz CT molecular complexity index is 596. The number of hydrogen-bond donors (Lipinski definition) is 2. The largest absolute Gasteiger partial charge is 0.493 e. The molecule has 1 heterocycles. The van der Waals surface area contributed by atoms with Crippen molar-refractivity contribution in [3.05, 3.63) is 29.3 Å². The van der Waals surface area contributed by atoms with Crippen LogP contribution in [0.25, 0.3) is 0 Å². The standard InChI is InChI=1S/C21H37N5O/c1-6-13-27-20-14-17(2)7-8-19(20)16-24-21(22-4)23-15-18(3)26-11-9-25(5)10-12-26/h7-8,14,18H,6,9-13,15-16H2,1-5H3,(H2,22,23,24). The number of aliphatic imine (C=N–C) groups is 1. The van der Waals surface area contributed by atoms with Gasteiger partial charge in [0.25, 0.3) is 0 Å². The highest BCUT2D eigenvalue weighted by atomic mass is 16.5. The molecule has 1 fully saturated rings. The molecule has 27 heavy (non-hydrogen) atoms. The van der Waals surface area contributed by atoms with E-state index in [4.69, 9.17) is 4.74 Å². The third kappa shape index (κ3) is 7.03. The maximum absolute atomic E-state index is 5.91. The first-order chi connectivity index (χ1) is 13.0. The first-order valence-electron chi connectivity index (χ1n) is 10.1. The molecular formula is C21H37N5O. The third-order valence-electron chi connectivity index (χ3n) is 5.08. The van der Waals surface area contributed by atoms with E-state index in [1.165, 1.54) is 5.56 Å². The van der Waals surface area contributed by atoms with E-state index in [9.17, 15) is 0 Å². The summed E-state index contributed by atoms with van der Waals surface area (Å²) in [6.07, 6.45) is 1.01. The Balaban J connectivity index is 1.83. The molecule has 1 atom stereocenters. The van der Waals surface area contributed by atoms with Crippen LogP contribution in [-0.4, -0.2) is 75.2 Å². The quantitative estimate of drug-likeness (QED) is 0.538. The molecule has 2 N–H and O–H groups in total. The fraction of sp³-hybridized carbons (Fsp3) is 0.667. The molecule has 6 nitrogen and oxygen atoms in total. The predicted molar refractivity (Wildman–Crippen MR) is 114 cm³/mol. The summed E-state index contributed by atoms with van der Waals surface area (Å²) in [5.41, 5.74) is 2.37. The lowest BCUT2D eigenvalue weighted by Crippen LogP contribution is -2.52. The van der Waals surface area contributed by atoms with E-state index in [-0.39, 0.29) is 0 Å². The van der Waals surface area contributed by atoms with Gasteiger partial charge in [-0.3, -0.25) is 9.89 Å². The van der Waals surface area contributed by atoms with E-state index >= 15 is 0 Å². The van der Waals surface area contributed by atoms with Crippen LogP contribution in [0.3, 0.4) is 0 Å². The average molecular weight is 376 g/mol. The summed E-state index contributed by atoms with van der Waals surface area (Å²) >= 11 is 0. The van der Waals surface area contributed by atoms with Gasteiger partial charge in [-0.15, -0.1) is 0 Å². The summed E-state index contributed by atoms with van der Waals surface area (Å²) in [5, 5.41) is 6.88. The van der Waals surface area contributed by atoms with Crippen LogP contribution in [0.2, 0.25) is 0 Å². The van der Waals surface area contributed by atoms with Gasteiger partial charge in [-0.1, -0.05) is 19.1 Å². The monoisotopic (exact) mass is 375 g/mol. The van der Waals surface area contributed by atoms with Gasteiger partial charge in [-0.05, 0) is 38.9 Å². The molecule has 1 aliphatic heterocycles. The van der Waals surface area contributed by atoms with Crippen LogP contribution in [0.15, 0.2) is 23.2 Å². The molecule has 0 radical (unpaired) electrons. The van der Waals surface area contributed by atoms with Crippen molar-refractivity contribution in [3.63, 3.8) is 0 Å². The van der Waals surface area contributed by atoms with Gasteiger partial charge in [0, 0.05) is 57.9 Å². The number of hydrogen-bond acceptors (Lipinski definition) is 4. The normalized spacial score (nSPS) is 17.6. The number of likely N-dealkylation sites (N-methyl/N-ethyl adjacent to an activating group) is 1. The molecule has 152 valence electrons. The molecule has 1 aromatic rings. The molecule has 0 amide bonds. The Morgan fingerprint density at radius 2 is 1.96 bits per heavy atom. The van der Waals surface area contributed by atoms with E-state index in [0.29, 0.717) is 12.6 Å². The summed E-state index contributed by atoms with van der Waals surface area (Å²) in [4.78, 5) is 9.29. The van der Waals surface area contributed by atoms with Crippen LogP contribution in [0, 0.1) is 6.92 Å². The van der Waals surface area contributed by atoms with Gasteiger partial charge in [0.1, 0.15) is 5.75 Å². The van der Waals surface area contributed by atoms with Crippen LogP contribution in [-0.2, 0) is 6.54 Å². The summed E-state index contributed by atoms with van der Waals surface area (Å²) in [5.74, 6) is 1.80. The molecule has 2 rings (SSSR count). The number of aryl methyl sites for hydroxylation is 1. The van der Waals surface area contributed by atoms with E-state index in [0.717, 1.165) is 63.0 Å². The van der Waals surface area contributed by atoms with Crippen LogP contribution < -0.4 is 15.4 Å². The number of ether oxygens (including phenoxy) is 1. The second-order valence-corrected chi connectivity index (χ2v) is 7.45. The summed E-state index contributed by atoms with van der Waals surface area (Å²) in [6.45, 7) is 13.4. The second-order valence-electron chi connectivity index (χ2n) is 7.45. The molecule has 1 aliphatic rings. The Labute approximate surface area is 165 Å². The van der Waals surface area contributed by atoms with Crippen molar-refractivity contribution < 1.29 is 4.74 Å². The van der Waals surface area contributed by atoms with Gasteiger partial charge in [0.15, 0.2) is 5.96 Å². The van der Waals surface area contributed by atoms with E-state index in [1.54, 1.807) is 0 Å². The van der Waals surface area contributed by atoms with Crippen LogP contribution in [0.4, 0.5) is 0 Å². The van der Waals surface area contributed by atoms with Gasteiger partial charge < -0.3 is 20.3 Å². The van der Waals surface area contributed by atoms with Gasteiger partial charge in [-0.2, -0.15) is 0 Å². The lowest BCUT2D eigenvalue weighted by Gasteiger charge is -2.36. The fourth-order valence-electron chi connectivity index (χ4n) is 3.19. The van der Waals surface area contributed by atoms with Crippen molar-refractivity contribution in [1.82, 2.24) is 20.4 Å². The molecule has 0 saturated carbocycles. The number of nitrogens with zero attached hydrogens (tertiary/aromatic N) is 3. The minimum Gasteiger partial charge on any atom is -0.493 e. The van der Waals surface area contributed by atoms with Crippen molar-refractivity contribution in [2.75, 3.05) is 53.4 Å². The maximum atomic E-state index is 5.91. The maximum Gasteiger partial charge on any atom is 0.191 e. The minimum atomic E-state index is 0.486. The van der Waals surface area contributed by atoms with Crippen molar-refractivity contribution in [2.24, 2.45) is 4.99 Å². The lowest BCUT2D eigenvalue weighted by atomic mass is 10.1. The van der Waals surface area contributed by atoms with Gasteiger partial charge in [0.2, 0.25) is 0 Å². The van der Waals surface area contributed by atoms with Gasteiger partial charge >= 0.3 is 0 Å². The molecule has 6 heteroatoms. The first kappa shape index (κ1) is 21.5. The molecular weight excluding hydrogens is 338 g/mol. The Morgan fingerprint density at radius 3 is 2.63 bits per heavy atom. The fourth-order valence-corrected chi connectivity index (χ4v) is 3.19. The molecule has 1 saturated heterocycles. The van der Waals surface area contributed by atoms with Crippen molar-refractivity contribution in [2.45, 2.75) is 39.8 Å². The summed E-state index contributed by atoms with van der Waals surface area (Å²) < 4.78 is 5.91. The number of rotatable bonds is 8. The number of piperazine rings is 1. The first-order valence-corrected chi connectivity index (χ1v) is 10.1. The zero-order valence-corrected chi connectivity index (χ0v) is 17.7. The van der Waals surface area contributed by atoms with Gasteiger partial charge in [-0.25, -0.2) is 0 Å². The van der Waals surface area contributed by atoms with Crippen LogP contribution in [0.1, 0.15) is 31.4 Å². The predicted octanol–water partition coefficient (Wildman–Crippen LogP) is 2.08. The van der Waals surface area contributed by atoms with Crippen LogP contribution in [0.5, 0.6) is 5.75 Å². The lowest BCUT2D eigenvalue weighted by molar-refractivity contribution is 0.120. The highest BCUT2D eigenvalue weighted by Crippen LogP contribution is 2.20. The number of guanidine groups is 1. The average Bonchev–Trinajstić information content (AvgIpc) is 2.67.